The zero-order chi connectivity index (χ0) is 18.1. The fourth-order valence-electron chi connectivity index (χ4n) is 3.42. The number of imide groups is 2. The lowest BCUT2D eigenvalue weighted by Gasteiger charge is -2.35. The van der Waals surface area contributed by atoms with Crippen LogP contribution in [0.15, 0.2) is 66.9 Å². The molecular weight excluding hydrogens is 330 g/mol. The number of nitrogens with one attached hydrogen (secondary N) is 2. The summed E-state index contributed by atoms with van der Waals surface area (Å²) in [5.41, 5.74) is 0.454. The normalized spacial score (nSPS) is 16.2. The van der Waals surface area contributed by atoms with E-state index in [4.69, 9.17) is 0 Å². The number of barbiturate groups is 1. The molecule has 3 aromatic rings. The Morgan fingerprint density at radius 1 is 0.808 bits per heavy atom. The van der Waals surface area contributed by atoms with Gasteiger partial charge in [0.2, 0.25) is 11.8 Å². The van der Waals surface area contributed by atoms with Crippen molar-refractivity contribution in [1.29, 1.82) is 0 Å². The van der Waals surface area contributed by atoms with Gasteiger partial charge in [-0.2, -0.15) is 0 Å². The number of amides is 4. The molecule has 0 saturated carbocycles. The molecule has 1 aromatic heterocycles. The topological polar surface area (TPSA) is 88.2 Å². The van der Waals surface area contributed by atoms with Gasteiger partial charge < -0.3 is 0 Å². The second-order valence-corrected chi connectivity index (χ2v) is 6.18. The number of carbonyl (C=O) groups is 3. The third-order valence-corrected chi connectivity index (χ3v) is 4.65. The van der Waals surface area contributed by atoms with Gasteiger partial charge in [0.1, 0.15) is 0 Å². The maximum Gasteiger partial charge on any atom is 0.328 e. The maximum absolute atomic E-state index is 13.0. The van der Waals surface area contributed by atoms with E-state index in [2.05, 4.69) is 15.6 Å². The average molecular weight is 345 g/mol. The highest BCUT2D eigenvalue weighted by Gasteiger charge is 2.52. The van der Waals surface area contributed by atoms with Gasteiger partial charge in [0, 0.05) is 11.6 Å². The lowest BCUT2D eigenvalue weighted by Crippen LogP contribution is -2.65. The number of hydrogen-bond donors (Lipinski definition) is 2. The van der Waals surface area contributed by atoms with Crippen molar-refractivity contribution >= 4 is 28.7 Å². The van der Waals surface area contributed by atoms with E-state index in [0.29, 0.717) is 16.5 Å². The molecule has 6 heteroatoms. The molecule has 4 rings (SSSR count). The first-order valence-electron chi connectivity index (χ1n) is 8.16. The number of nitrogens with zero attached hydrogens (tertiary/aromatic N) is 1. The maximum atomic E-state index is 13.0. The van der Waals surface area contributed by atoms with Crippen LogP contribution in [-0.2, 0) is 21.4 Å². The zero-order valence-corrected chi connectivity index (χ0v) is 13.7. The lowest BCUT2D eigenvalue weighted by molar-refractivity contribution is -0.138. The highest BCUT2D eigenvalue weighted by molar-refractivity contribution is 6.24. The zero-order valence-electron chi connectivity index (χ0n) is 13.7. The van der Waals surface area contributed by atoms with Gasteiger partial charge in [-0.3, -0.25) is 25.2 Å². The van der Waals surface area contributed by atoms with Crippen LogP contribution in [0.25, 0.3) is 10.9 Å². The molecule has 0 unspecified atom stereocenters. The average Bonchev–Trinajstić information content (AvgIpc) is 2.65. The summed E-state index contributed by atoms with van der Waals surface area (Å²) in [6.07, 6.45) is 1.70. The van der Waals surface area contributed by atoms with Gasteiger partial charge in [-0.25, -0.2) is 4.79 Å². The summed E-state index contributed by atoms with van der Waals surface area (Å²) in [6.45, 7) is 0. The summed E-state index contributed by atoms with van der Waals surface area (Å²) in [6, 6.07) is 17.4. The Bertz CT molecular complexity index is 1010. The smallest absolute Gasteiger partial charge is 0.277 e. The van der Waals surface area contributed by atoms with Crippen molar-refractivity contribution in [3.05, 3.63) is 78.0 Å². The fraction of sp³-hybridized carbons (Fsp3) is 0.100. The third-order valence-electron chi connectivity index (χ3n) is 4.65. The van der Waals surface area contributed by atoms with Crippen molar-refractivity contribution in [3.63, 3.8) is 0 Å². The molecule has 1 aliphatic heterocycles. The van der Waals surface area contributed by atoms with Crippen molar-refractivity contribution in [2.24, 2.45) is 0 Å². The number of aromatic nitrogens is 1. The minimum Gasteiger partial charge on any atom is -0.277 e. The van der Waals surface area contributed by atoms with Gasteiger partial charge >= 0.3 is 6.03 Å². The van der Waals surface area contributed by atoms with Gasteiger partial charge in [0.25, 0.3) is 0 Å². The van der Waals surface area contributed by atoms with E-state index in [1.54, 1.807) is 12.3 Å². The van der Waals surface area contributed by atoms with E-state index in [1.165, 1.54) is 0 Å². The summed E-state index contributed by atoms with van der Waals surface area (Å²) in [4.78, 5) is 41.9. The first-order chi connectivity index (χ1) is 12.6. The molecule has 128 valence electrons. The molecule has 0 spiro atoms. The van der Waals surface area contributed by atoms with Crippen LogP contribution in [0.2, 0.25) is 0 Å². The van der Waals surface area contributed by atoms with E-state index in [1.807, 2.05) is 54.6 Å². The summed E-state index contributed by atoms with van der Waals surface area (Å²) in [5.74, 6) is -1.27. The van der Waals surface area contributed by atoms with E-state index in [0.717, 1.165) is 5.56 Å². The molecule has 0 bridgehead atoms. The van der Waals surface area contributed by atoms with Crippen molar-refractivity contribution in [3.8, 4) is 0 Å². The molecule has 1 aliphatic rings. The number of carbonyl (C=O) groups excluding carboxylic acids is 3. The number of urea groups is 1. The van der Waals surface area contributed by atoms with E-state index < -0.39 is 23.3 Å². The largest absolute Gasteiger partial charge is 0.328 e. The lowest BCUT2D eigenvalue weighted by atomic mass is 9.72. The van der Waals surface area contributed by atoms with E-state index in [9.17, 15) is 14.4 Å². The minimum absolute atomic E-state index is 0.132. The Labute approximate surface area is 149 Å². The van der Waals surface area contributed by atoms with Gasteiger partial charge in [-0.1, -0.05) is 48.5 Å². The Kier molecular flexibility index (Phi) is 3.73. The summed E-state index contributed by atoms with van der Waals surface area (Å²) >= 11 is 0. The molecule has 1 saturated heterocycles. The highest BCUT2D eigenvalue weighted by atomic mass is 16.2. The standard InChI is InChI=1S/C20H15N3O3/c24-17-20(18(25)23-19(26)22-17,12-13-6-2-1-3-7-13)15-10-11-21-16-9-5-4-8-14(15)16/h1-11H,12H2,(H2,22,23,24,25,26). The summed E-state index contributed by atoms with van der Waals surface area (Å²) in [5, 5.41) is 5.21. The number of benzene rings is 2. The van der Waals surface area contributed by atoms with Crippen LogP contribution >= 0.6 is 0 Å². The first kappa shape index (κ1) is 16.0. The Morgan fingerprint density at radius 3 is 2.19 bits per heavy atom. The van der Waals surface area contributed by atoms with Crippen LogP contribution in [-0.4, -0.2) is 22.8 Å². The molecule has 6 nitrogen and oxygen atoms in total. The van der Waals surface area contributed by atoms with Crippen LogP contribution < -0.4 is 10.6 Å². The molecule has 1 fully saturated rings. The number of fused-ring (bicyclic) bond motifs is 1. The molecular formula is C20H15N3O3. The minimum atomic E-state index is -1.56. The summed E-state index contributed by atoms with van der Waals surface area (Å²) < 4.78 is 0. The van der Waals surface area contributed by atoms with Crippen molar-refractivity contribution in [1.82, 2.24) is 15.6 Å². The van der Waals surface area contributed by atoms with Crippen LogP contribution in [0.4, 0.5) is 4.79 Å². The molecule has 26 heavy (non-hydrogen) atoms. The molecule has 4 amide bonds. The number of rotatable bonds is 3. The van der Waals surface area contributed by atoms with E-state index in [-0.39, 0.29) is 6.42 Å². The van der Waals surface area contributed by atoms with Gasteiger partial charge in [0.05, 0.1) is 5.52 Å². The Morgan fingerprint density at radius 2 is 1.46 bits per heavy atom. The summed E-state index contributed by atoms with van der Waals surface area (Å²) in [7, 11) is 0. The van der Waals surface area contributed by atoms with Crippen molar-refractivity contribution in [2.45, 2.75) is 11.8 Å². The van der Waals surface area contributed by atoms with Crippen LogP contribution in [0.5, 0.6) is 0 Å². The molecule has 2 N–H and O–H groups in total. The highest BCUT2D eigenvalue weighted by Crippen LogP contribution is 2.35. The van der Waals surface area contributed by atoms with Crippen LogP contribution in [0, 0.1) is 0 Å². The van der Waals surface area contributed by atoms with Gasteiger partial charge in [0.15, 0.2) is 5.41 Å². The molecule has 0 atom stereocenters. The van der Waals surface area contributed by atoms with Crippen molar-refractivity contribution < 1.29 is 14.4 Å². The monoisotopic (exact) mass is 345 g/mol. The van der Waals surface area contributed by atoms with Gasteiger partial charge in [-0.15, -0.1) is 0 Å². The predicted octanol–water partition coefficient (Wildman–Crippen LogP) is 2.08. The number of pyridine rings is 1. The fourth-order valence-corrected chi connectivity index (χ4v) is 3.42. The van der Waals surface area contributed by atoms with Crippen molar-refractivity contribution in [2.75, 3.05) is 0 Å². The Hall–Kier alpha value is -3.54. The van der Waals surface area contributed by atoms with Crippen LogP contribution in [0.3, 0.4) is 0 Å². The quantitative estimate of drug-likeness (QED) is 0.712. The van der Waals surface area contributed by atoms with Gasteiger partial charge in [-0.05, 0) is 29.7 Å². The SMILES string of the molecule is O=C1NC(=O)C(Cc2ccccc2)(c2ccnc3ccccc23)C(=O)N1. The molecule has 0 radical (unpaired) electrons. The van der Waals surface area contributed by atoms with E-state index >= 15 is 0 Å². The first-order valence-corrected chi connectivity index (χ1v) is 8.16. The third kappa shape index (κ3) is 2.43. The second-order valence-electron chi connectivity index (χ2n) is 6.18. The number of para-hydroxylation sites is 1. The second kappa shape index (κ2) is 6.07. The molecule has 0 aliphatic carbocycles. The number of hydrogen-bond acceptors (Lipinski definition) is 4. The predicted molar refractivity (Wildman–Crippen MR) is 95.2 cm³/mol. The Balaban J connectivity index is 1.98. The van der Waals surface area contributed by atoms with Crippen LogP contribution in [0.1, 0.15) is 11.1 Å². The molecule has 2 aromatic carbocycles. The molecule has 2 heterocycles.